The number of rotatable bonds is 7. The van der Waals surface area contributed by atoms with Crippen LogP contribution in [0.25, 0.3) is 0 Å². The minimum Gasteiger partial charge on any atom is -0.481 e. The fourth-order valence-corrected chi connectivity index (χ4v) is 1.63. The zero-order valence-corrected chi connectivity index (χ0v) is 10.8. The molecule has 0 fully saturated rings. The van der Waals surface area contributed by atoms with Gasteiger partial charge in [-0.15, -0.1) is 0 Å². The molecule has 0 aliphatic carbocycles. The van der Waals surface area contributed by atoms with E-state index in [0.717, 1.165) is 18.7 Å². The third-order valence-electron chi connectivity index (χ3n) is 2.57. The molecule has 0 aliphatic rings. The molecule has 0 amide bonds. The van der Waals surface area contributed by atoms with Gasteiger partial charge in [-0.1, -0.05) is 0 Å². The summed E-state index contributed by atoms with van der Waals surface area (Å²) < 4.78 is 1.93. The van der Waals surface area contributed by atoms with Crippen molar-refractivity contribution in [3.63, 3.8) is 0 Å². The molecule has 0 saturated carbocycles. The topological polar surface area (TPSA) is 58.4 Å². The summed E-state index contributed by atoms with van der Waals surface area (Å²) in [5.41, 5.74) is 1.16. The molecule has 0 bridgehead atoms. The summed E-state index contributed by atoms with van der Waals surface area (Å²) in [6.07, 6.45) is 4.83. The maximum absolute atomic E-state index is 10.4. The van der Waals surface area contributed by atoms with E-state index >= 15 is 0 Å². The molecular formula is C12H21N3O2. The second kappa shape index (κ2) is 6.39. The molecule has 5 nitrogen and oxygen atoms in total. The molecule has 0 aromatic carbocycles. The second-order valence-electron chi connectivity index (χ2n) is 4.66. The van der Waals surface area contributed by atoms with Crippen LogP contribution in [0.1, 0.15) is 38.3 Å². The molecule has 96 valence electrons. The zero-order chi connectivity index (χ0) is 12.8. The van der Waals surface area contributed by atoms with Gasteiger partial charge in [0.15, 0.2) is 0 Å². The second-order valence-corrected chi connectivity index (χ2v) is 4.66. The molecular weight excluding hydrogens is 218 g/mol. The van der Waals surface area contributed by atoms with Gasteiger partial charge in [0, 0.05) is 30.8 Å². The van der Waals surface area contributed by atoms with Crippen LogP contribution in [0.2, 0.25) is 0 Å². The van der Waals surface area contributed by atoms with Gasteiger partial charge < -0.3 is 10.0 Å². The summed E-state index contributed by atoms with van der Waals surface area (Å²) in [5, 5.41) is 12.8. The van der Waals surface area contributed by atoms with E-state index < -0.39 is 5.97 Å². The third-order valence-corrected chi connectivity index (χ3v) is 2.57. The highest BCUT2D eigenvalue weighted by molar-refractivity contribution is 5.66. The molecule has 1 aromatic rings. The van der Waals surface area contributed by atoms with Gasteiger partial charge in [-0.3, -0.25) is 9.48 Å². The van der Waals surface area contributed by atoms with Crippen LogP contribution in [-0.4, -0.2) is 39.3 Å². The van der Waals surface area contributed by atoms with Gasteiger partial charge in [0.2, 0.25) is 0 Å². The Hall–Kier alpha value is -1.36. The fraction of sp³-hybridized carbons (Fsp3) is 0.667. The molecule has 0 saturated heterocycles. The van der Waals surface area contributed by atoms with Crippen molar-refractivity contribution in [2.75, 3.05) is 13.6 Å². The molecule has 1 heterocycles. The Kier molecular flexibility index (Phi) is 5.15. The van der Waals surface area contributed by atoms with Gasteiger partial charge in [-0.25, -0.2) is 0 Å². The minimum atomic E-state index is -0.731. The Morgan fingerprint density at radius 3 is 2.82 bits per heavy atom. The summed E-state index contributed by atoms with van der Waals surface area (Å²) in [4.78, 5) is 12.5. The first-order chi connectivity index (χ1) is 7.99. The molecule has 17 heavy (non-hydrogen) atoms. The Balaban J connectivity index is 2.34. The highest BCUT2D eigenvalue weighted by Gasteiger charge is 2.05. The maximum atomic E-state index is 10.4. The Labute approximate surface area is 102 Å². The van der Waals surface area contributed by atoms with Crippen LogP contribution >= 0.6 is 0 Å². The highest BCUT2D eigenvalue weighted by Crippen LogP contribution is 2.07. The van der Waals surface area contributed by atoms with E-state index in [-0.39, 0.29) is 6.42 Å². The van der Waals surface area contributed by atoms with Gasteiger partial charge in [-0.2, -0.15) is 5.10 Å². The summed E-state index contributed by atoms with van der Waals surface area (Å²) in [5.74, 6) is -0.731. The molecule has 1 aromatic heterocycles. The van der Waals surface area contributed by atoms with Gasteiger partial charge in [0.05, 0.1) is 6.20 Å². The lowest BCUT2D eigenvalue weighted by Gasteiger charge is -2.14. The number of carbonyl (C=O) groups is 1. The quantitative estimate of drug-likeness (QED) is 0.787. The van der Waals surface area contributed by atoms with E-state index in [2.05, 4.69) is 23.8 Å². The summed E-state index contributed by atoms with van der Waals surface area (Å²) in [7, 11) is 1.99. The number of aliphatic carboxylic acids is 1. The molecule has 1 rings (SSSR count). The predicted octanol–water partition coefficient (Wildman–Crippen LogP) is 1.76. The van der Waals surface area contributed by atoms with E-state index in [0.29, 0.717) is 12.5 Å². The third kappa shape index (κ3) is 4.99. The van der Waals surface area contributed by atoms with E-state index in [9.17, 15) is 4.79 Å². The summed E-state index contributed by atoms with van der Waals surface area (Å²) >= 11 is 0. The SMILES string of the molecule is CC(C)n1cc(CN(C)CCCC(=O)O)cn1. The zero-order valence-electron chi connectivity index (χ0n) is 10.8. The molecule has 0 spiro atoms. The van der Waals surface area contributed by atoms with Gasteiger partial charge in [-0.05, 0) is 33.9 Å². The largest absolute Gasteiger partial charge is 0.481 e. The van der Waals surface area contributed by atoms with Crippen LogP contribution in [-0.2, 0) is 11.3 Å². The van der Waals surface area contributed by atoms with Crippen molar-refractivity contribution < 1.29 is 9.90 Å². The van der Waals surface area contributed by atoms with Crippen LogP contribution < -0.4 is 0 Å². The first kappa shape index (κ1) is 13.7. The highest BCUT2D eigenvalue weighted by atomic mass is 16.4. The normalized spacial score (nSPS) is 11.4. The van der Waals surface area contributed by atoms with Crippen molar-refractivity contribution in [3.8, 4) is 0 Å². The van der Waals surface area contributed by atoms with Crippen molar-refractivity contribution in [2.24, 2.45) is 0 Å². The number of nitrogens with zero attached hydrogens (tertiary/aromatic N) is 3. The summed E-state index contributed by atoms with van der Waals surface area (Å²) in [6, 6.07) is 0.376. The van der Waals surface area contributed by atoms with Crippen LogP contribution in [0.4, 0.5) is 0 Å². The van der Waals surface area contributed by atoms with Crippen LogP contribution in [0.5, 0.6) is 0 Å². The lowest BCUT2D eigenvalue weighted by molar-refractivity contribution is -0.137. The summed E-state index contributed by atoms with van der Waals surface area (Å²) in [6.45, 7) is 5.78. The lowest BCUT2D eigenvalue weighted by atomic mass is 10.2. The minimum absolute atomic E-state index is 0.232. The van der Waals surface area contributed by atoms with Crippen molar-refractivity contribution in [1.29, 1.82) is 0 Å². The molecule has 0 radical (unpaired) electrons. The molecule has 0 aliphatic heterocycles. The number of hydrogen-bond donors (Lipinski definition) is 1. The Bertz CT molecular complexity index is 360. The van der Waals surface area contributed by atoms with Crippen LogP contribution in [0.3, 0.4) is 0 Å². The van der Waals surface area contributed by atoms with Crippen LogP contribution in [0, 0.1) is 0 Å². The smallest absolute Gasteiger partial charge is 0.303 e. The number of hydrogen-bond acceptors (Lipinski definition) is 3. The average molecular weight is 239 g/mol. The molecule has 5 heteroatoms. The van der Waals surface area contributed by atoms with E-state index in [1.165, 1.54) is 0 Å². The van der Waals surface area contributed by atoms with Gasteiger partial charge in [0.1, 0.15) is 0 Å². The fourth-order valence-electron chi connectivity index (χ4n) is 1.63. The lowest BCUT2D eigenvalue weighted by Crippen LogP contribution is -2.19. The molecule has 0 unspecified atom stereocenters. The Morgan fingerprint density at radius 2 is 2.29 bits per heavy atom. The van der Waals surface area contributed by atoms with Gasteiger partial charge >= 0.3 is 5.97 Å². The van der Waals surface area contributed by atoms with Crippen LogP contribution in [0.15, 0.2) is 12.4 Å². The van der Waals surface area contributed by atoms with E-state index in [1.54, 1.807) is 0 Å². The van der Waals surface area contributed by atoms with E-state index in [1.807, 2.05) is 24.1 Å². The number of aromatic nitrogens is 2. The first-order valence-electron chi connectivity index (χ1n) is 5.92. The number of carboxylic acid groups (broad SMARTS) is 1. The molecule has 1 N–H and O–H groups in total. The maximum Gasteiger partial charge on any atom is 0.303 e. The first-order valence-corrected chi connectivity index (χ1v) is 5.92. The number of carboxylic acids is 1. The van der Waals surface area contributed by atoms with Crippen molar-refractivity contribution in [3.05, 3.63) is 18.0 Å². The van der Waals surface area contributed by atoms with Crippen molar-refractivity contribution >= 4 is 5.97 Å². The van der Waals surface area contributed by atoms with Gasteiger partial charge in [0.25, 0.3) is 0 Å². The predicted molar refractivity (Wildman–Crippen MR) is 65.8 cm³/mol. The van der Waals surface area contributed by atoms with E-state index in [4.69, 9.17) is 5.11 Å². The van der Waals surface area contributed by atoms with Crippen molar-refractivity contribution in [1.82, 2.24) is 14.7 Å². The average Bonchev–Trinajstić information content (AvgIpc) is 2.65. The monoisotopic (exact) mass is 239 g/mol. The van der Waals surface area contributed by atoms with Crippen molar-refractivity contribution in [2.45, 2.75) is 39.3 Å². The Morgan fingerprint density at radius 1 is 1.59 bits per heavy atom. The molecule has 0 atom stereocenters. The standard InChI is InChI=1S/C12H21N3O2/c1-10(2)15-9-11(7-13-15)8-14(3)6-4-5-12(16)17/h7,9-10H,4-6,8H2,1-3H3,(H,16,17).